The van der Waals surface area contributed by atoms with Crippen LogP contribution in [0.2, 0.25) is 0 Å². The van der Waals surface area contributed by atoms with Crippen LogP contribution in [0.25, 0.3) is 0 Å². The van der Waals surface area contributed by atoms with E-state index in [9.17, 15) is 9.90 Å². The summed E-state index contributed by atoms with van der Waals surface area (Å²) in [6.45, 7) is 1.86. The number of hydrogen-bond donors (Lipinski definition) is 3. The van der Waals surface area contributed by atoms with Gasteiger partial charge in [-0.3, -0.25) is 4.79 Å². The van der Waals surface area contributed by atoms with Crippen molar-refractivity contribution in [2.75, 3.05) is 18.2 Å². The minimum Gasteiger partial charge on any atom is -0.504 e. The first-order valence-corrected chi connectivity index (χ1v) is 6.06. The van der Waals surface area contributed by atoms with Crippen LogP contribution in [0.1, 0.15) is 15.9 Å². The maximum absolute atomic E-state index is 12.2. The van der Waals surface area contributed by atoms with Crippen molar-refractivity contribution in [1.29, 1.82) is 0 Å². The van der Waals surface area contributed by atoms with Crippen molar-refractivity contribution >= 4 is 17.3 Å². The molecule has 0 saturated heterocycles. The van der Waals surface area contributed by atoms with Crippen molar-refractivity contribution in [2.24, 2.45) is 0 Å². The van der Waals surface area contributed by atoms with Crippen molar-refractivity contribution in [3.63, 3.8) is 0 Å². The highest BCUT2D eigenvalue weighted by Crippen LogP contribution is 2.28. The number of hydrogen-bond acceptors (Lipinski definition) is 4. The standard InChI is InChI=1S/C15H16N2O3/c1-9-4-3-5-11(16)14(9)17-15(19)10-6-7-13(20-2)12(18)8-10/h3-8,18H,16H2,1-2H3,(H,17,19). The summed E-state index contributed by atoms with van der Waals surface area (Å²) in [7, 11) is 1.45. The molecule has 5 nitrogen and oxygen atoms in total. The van der Waals surface area contributed by atoms with Gasteiger partial charge in [-0.05, 0) is 36.8 Å². The van der Waals surface area contributed by atoms with E-state index in [-0.39, 0.29) is 11.7 Å². The highest BCUT2D eigenvalue weighted by atomic mass is 16.5. The quantitative estimate of drug-likeness (QED) is 0.750. The third kappa shape index (κ3) is 2.66. The molecule has 0 radical (unpaired) electrons. The van der Waals surface area contributed by atoms with E-state index < -0.39 is 0 Å². The summed E-state index contributed by atoms with van der Waals surface area (Å²) >= 11 is 0. The number of carbonyl (C=O) groups is 1. The van der Waals surface area contributed by atoms with E-state index in [0.717, 1.165) is 5.56 Å². The molecule has 0 aromatic heterocycles. The molecule has 0 atom stereocenters. The Kier molecular flexibility index (Phi) is 3.79. The second-order valence-corrected chi connectivity index (χ2v) is 4.38. The summed E-state index contributed by atoms with van der Waals surface area (Å²) in [6.07, 6.45) is 0. The topological polar surface area (TPSA) is 84.6 Å². The van der Waals surface area contributed by atoms with Crippen molar-refractivity contribution in [3.05, 3.63) is 47.5 Å². The molecular formula is C15H16N2O3. The SMILES string of the molecule is COc1ccc(C(=O)Nc2c(C)cccc2N)cc1O. The number of anilines is 2. The summed E-state index contributed by atoms with van der Waals surface area (Å²) in [4.78, 5) is 12.2. The summed E-state index contributed by atoms with van der Waals surface area (Å²) in [5, 5.41) is 12.4. The number of aromatic hydroxyl groups is 1. The summed E-state index contributed by atoms with van der Waals surface area (Å²) < 4.78 is 4.93. The number of carbonyl (C=O) groups excluding carboxylic acids is 1. The van der Waals surface area contributed by atoms with E-state index in [1.54, 1.807) is 12.1 Å². The average molecular weight is 272 g/mol. The smallest absolute Gasteiger partial charge is 0.255 e. The second kappa shape index (κ2) is 5.52. The predicted octanol–water partition coefficient (Wildman–Crippen LogP) is 2.54. The van der Waals surface area contributed by atoms with E-state index in [0.29, 0.717) is 22.7 Å². The highest BCUT2D eigenvalue weighted by Gasteiger charge is 2.12. The monoisotopic (exact) mass is 272 g/mol. The Hall–Kier alpha value is -2.69. The molecule has 0 aliphatic heterocycles. The fourth-order valence-corrected chi connectivity index (χ4v) is 1.88. The number of aryl methyl sites for hydroxylation is 1. The van der Waals surface area contributed by atoms with Crippen LogP contribution in [-0.4, -0.2) is 18.1 Å². The van der Waals surface area contributed by atoms with Gasteiger partial charge in [0.2, 0.25) is 0 Å². The molecule has 2 aromatic rings. The van der Waals surface area contributed by atoms with Crippen LogP contribution in [0.3, 0.4) is 0 Å². The number of phenolic OH excluding ortho intramolecular Hbond substituents is 1. The first-order chi connectivity index (χ1) is 9.52. The van der Waals surface area contributed by atoms with E-state index >= 15 is 0 Å². The highest BCUT2D eigenvalue weighted by molar-refractivity contribution is 6.06. The largest absolute Gasteiger partial charge is 0.504 e. The van der Waals surface area contributed by atoms with Crippen LogP contribution in [0.15, 0.2) is 36.4 Å². The van der Waals surface area contributed by atoms with Gasteiger partial charge in [0, 0.05) is 5.56 Å². The van der Waals surface area contributed by atoms with Gasteiger partial charge in [0.05, 0.1) is 18.5 Å². The maximum Gasteiger partial charge on any atom is 0.255 e. The van der Waals surface area contributed by atoms with E-state index in [1.807, 2.05) is 19.1 Å². The lowest BCUT2D eigenvalue weighted by Gasteiger charge is -2.11. The number of nitrogens with two attached hydrogens (primary N) is 1. The lowest BCUT2D eigenvalue weighted by molar-refractivity contribution is 0.102. The zero-order valence-corrected chi connectivity index (χ0v) is 11.3. The number of phenols is 1. The van der Waals surface area contributed by atoms with Crippen LogP contribution in [0.5, 0.6) is 11.5 Å². The van der Waals surface area contributed by atoms with Crippen LogP contribution in [0, 0.1) is 6.92 Å². The van der Waals surface area contributed by atoms with Gasteiger partial charge in [0.25, 0.3) is 5.91 Å². The zero-order valence-electron chi connectivity index (χ0n) is 11.3. The number of methoxy groups -OCH3 is 1. The Morgan fingerprint density at radius 3 is 2.65 bits per heavy atom. The van der Waals surface area contributed by atoms with E-state index in [4.69, 9.17) is 10.5 Å². The molecule has 4 N–H and O–H groups in total. The number of rotatable bonds is 3. The number of ether oxygens (including phenoxy) is 1. The van der Waals surface area contributed by atoms with Gasteiger partial charge in [0.1, 0.15) is 0 Å². The van der Waals surface area contributed by atoms with Gasteiger partial charge >= 0.3 is 0 Å². The minimum absolute atomic E-state index is 0.0853. The Balaban J connectivity index is 2.26. The molecule has 2 rings (SSSR count). The zero-order chi connectivity index (χ0) is 14.7. The van der Waals surface area contributed by atoms with Gasteiger partial charge in [-0.15, -0.1) is 0 Å². The number of nitrogens with one attached hydrogen (secondary N) is 1. The molecule has 1 amide bonds. The molecule has 5 heteroatoms. The van der Waals surface area contributed by atoms with E-state index in [1.165, 1.54) is 19.2 Å². The maximum atomic E-state index is 12.2. The van der Waals surface area contributed by atoms with E-state index in [2.05, 4.69) is 5.32 Å². The van der Waals surface area contributed by atoms with Gasteiger partial charge in [-0.25, -0.2) is 0 Å². The number of amides is 1. The second-order valence-electron chi connectivity index (χ2n) is 4.38. The lowest BCUT2D eigenvalue weighted by Crippen LogP contribution is -2.14. The minimum atomic E-state index is -0.344. The fraction of sp³-hybridized carbons (Fsp3) is 0.133. The van der Waals surface area contributed by atoms with Crippen molar-refractivity contribution in [3.8, 4) is 11.5 Å². The number of nitrogen functional groups attached to an aromatic ring is 1. The predicted molar refractivity (Wildman–Crippen MR) is 78.2 cm³/mol. The number of benzene rings is 2. The molecule has 0 unspecified atom stereocenters. The molecular weight excluding hydrogens is 256 g/mol. The fourth-order valence-electron chi connectivity index (χ4n) is 1.88. The van der Waals surface area contributed by atoms with Gasteiger partial charge in [-0.2, -0.15) is 0 Å². The molecule has 0 bridgehead atoms. The molecule has 0 spiro atoms. The van der Waals surface area contributed by atoms with Crippen LogP contribution >= 0.6 is 0 Å². The van der Waals surface area contributed by atoms with Crippen molar-refractivity contribution < 1.29 is 14.6 Å². The molecule has 2 aromatic carbocycles. The number of para-hydroxylation sites is 1. The summed E-state index contributed by atoms with van der Waals surface area (Å²) in [5.41, 5.74) is 8.11. The lowest BCUT2D eigenvalue weighted by atomic mass is 10.1. The summed E-state index contributed by atoms with van der Waals surface area (Å²) in [5.74, 6) is -0.112. The molecule has 0 fully saturated rings. The Labute approximate surface area is 117 Å². The molecule has 0 aliphatic carbocycles. The average Bonchev–Trinajstić information content (AvgIpc) is 2.42. The van der Waals surface area contributed by atoms with Crippen LogP contribution < -0.4 is 15.8 Å². The first-order valence-electron chi connectivity index (χ1n) is 6.06. The Morgan fingerprint density at radius 1 is 1.30 bits per heavy atom. The molecule has 0 heterocycles. The van der Waals surface area contributed by atoms with Gasteiger partial charge in [-0.1, -0.05) is 12.1 Å². The van der Waals surface area contributed by atoms with Crippen molar-refractivity contribution in [1.82, 2.24) is 0 Å². The Bertz CT molecular complexity index is 633. The Morgan fingerprint density at radius 2 is 2.05 bits per heavy atom. The molecule has 20 heavy (non-hydrogen) atoms. The van der Waals surface area contributed by atoms with Gasteiger partial charge < -0.3 is 20.9 Å². The van der Waals surface area contributed by atoms with Crippen molar-refractivity contribution in [2.45, 2.75) is 6.92 Å². The van der Waals surface area contributed by atoms with Crippen LogP contribution in [-0.2, 0) is 0 Å². The van der Waals surface area contributed by atoms with Crippen LogP contribution in [0.4, 0.5) is 11.4 Å². The normalized spacial score (nSPS) is 10.1. The third-order valence-corrected chi connectivity index (χ3v) is 2.98. The first kappa shape index (κ1) is 13.7. The molecule has 0 aliphatic rings. The molecule has 0 saturated carbocycles. The van der Waals surface area contributed by atoms with Gasteiger partial charge in [0.15, 0.2) is 11.5 Å². The summed E-state index contributed by atoms with van der Waals surface area (Å²) in [6, 6.07) is 9.85. The molecule has 104 valence electrons. The third-order valence-electron chi connectivity index (χ3n) is 2.98.